The van der Waals surface area contributed by atoms with Gasteiger partial charge in [0.05, 0.1) is 30.6 Å². The first-order valence-corrected chi connectivity index (χ1v) is 27.7. The number of benzene rings is 1. The molecule has 1 aromatic rings. The van der Waals surface area contributed by atoms with Crippen molar-refractivity contribution >= 4 is 88.7 Å². The molecule has 6 rings (SSSR count). The van der Waals surface area contributed by atoms with Crippen LogP contribution in [-0.2, 0) is 59.1 Å². The minimum absolute atomic E-state index is 0.0361. The van der Waals surface area contributed by atoms with Gasteiger partial charge >= 0.3 is 5.97 Å². The van der Waals surface area contributed by atoms with Gasteiger partial charge in [0.15, 0.2) is 24.0 Å². The van der Waals surface area contributed by atoms with E-state index in [9.17, 15) is 47.9 Å². The average Bonchev–Trinajstić information content (AvgIpc) is 4.22. The maximum absolute atomic E-state index is 14.5. The van der Waals surface area contributed by atoms with Gasteiger partial charge in [0, 0.05) is 68.1 Å². The van der Waals surface area contributed by atoms with Gasteiger partial charge in [-0.15, -0.1) is 11.8 Å². The number of rotatable bonds is 16. The summed E-state index contributed by atoms with van der Waals surface area (Å²) in [6.45, 7) is 2.09. The van der Waals surface area contributed by atoms with Crippen LogP contribution in [0.5, 0.6) is 0 Å². The van der Waals surface area contributed by atoms with Crippen LogP contribution >= 0.6 is 24.4 Å². The standard InChI is InChI=1S/C52H74N8O11S2/c1-32(61)42-16-10-23-60(42)51(69)38-27-46(64)55-40(29-72)44(62)25-35(14-7-9-21-58(2)3)49(67)57-39(24-34-19-18-33-12-4-5-15-37(33)34)52(70)71-28-47(65)59-22-11-17-43(59)45(63)26-36(48(66)56-38)13-6-8-20-53-50(68)41-30-73-31-54-41/h4-5,12,15,19,35-36,38-43,54,72H,6-11,13-14,16-18,20-31H2,1-3H3,(H,53,68)(H,55,64)(H,56,66)(H,57,67)/t35-,36?,38+,39+,40?,41?,42+,43+/m1/s1. The van der Waals surface area contributed by atoms with Crippen LogP contribution in [0.1, 0.15) is 108 Å². The molecule has 4 heterocycles. The van der Waals surface area contributed by atoms with E-state index in [4.69, 9.17) is 4.74 Å². The van der Waals surface area contributed by atoms with Crippen molar-refractivity contribution in [1.82, 2.24) is 41.3 Å². The maximum Gasteiger partial charge on any atom is 0.329 e. The lowest BCUT2D eigenvalue weighted by Crippen LogP contribution is -2.55. The van der Waals surface area contributed by atoms with Gasteiger partial charge in [-0.3, -0.25) is 48.5 Å². The van der Waals surface area contributed by atoms with Gasteiger partial charge in [-0.05, 0) is 102 Å². The molecule has 8 atom stereocenters. The zero-order chi connectivity index (χ0) is 52.6. The SMILES string of the molecule is CC(=O)[C@@H]1CCCN1C(=O)[C@@H]1CC(=O)NC(CS)C(=O)C[C@@H](CCCCN(C)C)C(=O)N[C@@H](CC2=CCc3ccccc32)C(=O)OCC(=O)N2CCC[C@H]2C(=O)CC(CCCCNC(=O)C2CSCN2)C(=O)N1. The molecule has 6 amide bonds. The first-order chi connectivity index (χ1) is 35.0. The number of cyclic esters (lactones) is 1. The third kappa shape index (κ3) is 16.2. The van der Waals surface area contributed by atoms with Gasteiger partial charge < -0.3 is 40.7 Å². The number of esters is 1. The molecule has 4 aliphatic heterocycles. The van der Waals surface area contributed by atoms with Gasteiger partial charge in [0.2, 0.25) is 29.5 Å². The first kappa shape index (κ1) is 57.2. The molecule has 4 fully saturated rings. The molecular formula is C52H74N8O11S2. The summed E-state index contributed by atoms with van der Waals surface area (Å²) < 4.78 is 5.69. The molecular weight excluding hydrogens is 977 g/mol. The number of ketones is 3. The Bertz CT molecular complexity index is 2240. The van der Waals surface area contributed by atoms with Crippen LogP contribution < -0.4 is 26.6 Å². The van der Waals surface area contributed by atoms with Crippen molar-refractivity contribution in [1.29, 1.82) is 0 Å². The lowest BCUT2D eigenvalue weighted by molar-refractivity contribution is -0.155. The molecule has 0 saturated carbocycles. The van der Waals surface area contributed by atoms with E-state index in [1.807, 2.05) is 49.3 Å². The summed E-state index contributed by atoms with van der Waals surface area (Å²) in [6, 6.07) is 1.71. The number of ether oxygens (including phenoxy) is 1. The van der Waals surface area contributed by atoms with Crippen molar-refractivity contribution in [2.24, 2.45) is 11.8 Å². The quantitative estimate of drug-likeness (QED) is 0.0785. The number of fused-ring (bicyclic) bond motifs is 2. The number of amides is 6. The van der Waals surface area contributed by atoms with E-state index in [1.165, 1.54) is 16.7 Å². The zero-order valence-electron chi connectivity index (χ0n) is 42.5. The highest BCUT2D eigenvalue weighted by atomic mass is 32.2. The molecule has 0 radical (unpaired) electrons. The Morgan fingerprint density at radius 1 is 0.836 bits per heavy atom. The minimum atomic E-state index is -1.50. The van der Waals surface area contributed by atoms with Crippen molar-refractivity contribution in [2.75, 3.05) is 64.3 Å². The van der Waals surface area contributed by atoms with E-state index in [1.54, 1.807) is 11.8 Å². The molecule has 3 unspecified atom stereocenters. The summed E-state index contributed by atoms with van der Waals surface area (Å²) in [5, 5.41) is 14.3. The minimum Gasteiger partial charge on any atom is -0.454 e. The number of likely N-dealkylation sites (tertiary alicyclic amines) is 1. The van der Waals surface area contributed by atoms with Crippen LogP contribution in [0.15, 0.2) is 30.3 Å². The van der Waals surface area contributed by atoms with Crippen LogP contribution in [0.25, 0.3) is 5.57 Å². The summed E-state index contributed by atoms with van der Waals surface area (Å²) in [5.41, 5.74) is 2.76. The Labute approximate surface area is 438 Å². The van der Waals surface area contributed by atoms with E-state index in [2.05, 4.69) is 39.2 Å². The Morgan fingerprint density at radius 2 is 1.55 bits per heavy atom. The molecule has 0 bridgehead atoms. The summed E-state index contributed by atoms with van der Waals surface area (Å²) in [4.78, 5) is 144. The van der Waals surface area contributed by atoms with Crippen LogP contribution in [0, 0.1) is 11.8 Å². The Kier molecular flexibility index (Phi) is 21.9. The van der Waals surface area contributed by atoms with Gasteiger partial charge in [0.25, 0.3) is 5.91 Å². The molecule has 0 aromatic heterocycles. The second kappa shape index (κ2) is 28.0. The molecule has 5 N–H and O–H groups in total. The fourth-order valence-corrected chi connectivity index (χ4v) is 11.7. The van der Waals surface area contributed by atoms with Gasteiger partial charge in [-0.25, -0.2) is 4.79 Å². The number of hydrogen-bond donors (Lipinski definition) is 6. The van der Waals surface area contributed by atoms with Crippen molar-refractivity contribution in [2.45, 2.75) is 139 Å². The van der Waals surface area contributed by atoms with Gasteiger partial charge in [-0.2, -0.15) is 12.6 Å². The summed E-state index contributed by atoms with van der Waals surface area (Å²) in [6.07, 6.45) is 5.55. The third-order valence-electron chi connectivity index (χ3n) is 14.5. The van der Waals surface area contributed by atoms with E-state index < -0.39 is 102 Å². The average molecular weight is 1050 g/mol. The highest BCUT2D eigenvalue weighted by molar-refractivity contribution is 7.99. The lowest BCUT2D eigenvalue weighted by Gasteiger charge is -2.30. The number of Topliss-reactive ketones (excluding diaryl/α,β-unsaturated/α-hetero) is 3. The lowest BCUT2D eigenvalue weighted by atomic mass is 9.91. The number of nitrogens with zero attached hydrogens (tertiary/aromatic N) is 3. The number of hydrogen-bond acceptors (Lipinski definition) is 15. The molecule has 19 nitrogen and oxygen atoms in total. The van der Waals surface area contributed by atoms with E-state index in [-0.39, 0.29) is 68.7 Å². The summed E-state index contributed by atoms with van der Waals surface area (Å²) in [5.74, 6) is -6.38. The predicted octanol–water partition coefficient (Wildman–Crippen LogP) is 1.75. The first-order valence-electron chi connectivity index (χ1n) is 25.9. The molecule has 73 heavy (non-hydrogen) atoms. The van der Waals surface area contributed by atoms with E-state index in [0.29, 0.717) is 76.0 Å². The molecule has 1 aromatic carbocycles. The molecule has 400 valence electrons. The fraction of sp³-hybridized carbons (Fsp3) is 0.654. The predicted molar refractivity (Wildman–Crippen MR) is 278 cm³/mol. The second-order valence-electron chi connectivity index (χ2n) is 20.2. The van der Waals surface area contributed by atoms with E-state index >= 15 is 0 Å². The van der Waals surface area contributed by atoms with Crippen LogP contribution in [0.2, 0.25) is 0 Å². The number of nitrogens with one attached hydrogen (secondary N) is 5. The van der Waals surface area contributed by atoms with E-state index in [0.717, 1.165) is 23.2 Å². The molecule has 0 spiro atoms. The highest BCUT2D eigenvalue weighted by Crippen LogP contribution is 2.32. The molecule has 5 aliphatic rings. The molecule has 21 heteroatoms. The number of thioether (sulfide) groups is 1. The number of thiol groups is 1. The number of carbonyl (C=O) groups excluding carboxylic acids is 10. The Balaban J connectivity index is 1.29. The number of carbonyl (C=O) groups is 10. The maximum atomic E-state index is 14.5. The zero-order valence-corrected chi connectivity index (χ0v) is 44.2. The van der Waals surface area contributed by atoms with Crippen molar-refractivity contribution in [3.8, 4) is 0 Å². The molecule has 4 saturated heterocycles. The normalized spacial score (nSPS) is 27.0. The third-order valence-corrected chi connectivity index (χ3v) is 15.8. The molecule has 1 aliphatic carbocycles. The summed E-state index contributed by atoms with van der Waals surface area (Å²) in [7, 11) is 3.85. The monoisotopic (exact) mass is 1050 g/mol. The topological polar surface area (TPSA) is 250 Å². The number of allylic oxidation sites excluding steroid dienone is 1. The van der Waals surface area contributed by atoms with Gasteiger partial charge in [0.1, 0.15) is 12.1 Å². The Morgan fingerprint density at radius 3 is 2.26 bits per heavy atom. The van der Waals surface area contributed by atoms with Gasteiger partial charge in [-0.1, -0.05) is 43.2 Å². The largest absolute Gasteiger partial charge is 0.454 e. The van der Waals surface area contributed by atoms with Crippen LogP contribution in [0.3, 0.4) is 0 Å². The second-order valence-corrected chi connectivity index (χ2v) is 21.6. The number of unbranched alkanes of at least 4 members (excludes halogenated alkanes) is 2. The van der Waals surface area contributed by atoms with Crippen molar-refractivity contribution < 1.29 is 52.7 Å². The van der Waals surface area contributed by atoms with Crippen LogP contribution in [-0.4, -0.2) is 174 Å². The smallest absolute Gasteiger partial charge is 0.329 e. The van der Waals surface area contributed by atoms with Crippen LogP contribution in [0.4, 0.5) is 0 Å². The Hall–Kier alpha value is -5.12. The fourth-order valence-electron chi connectivity index (χ4n) is 10.4. The summed E-state index contributed by atoms with van der Waals surface area (Å²) >= 11 is 6.03. The van der Waals surface area contributed by atoms with Crippen molar-refractivity contribution in [3.05, 3.63) is 41.5 Å². The van der Waals surface area contributed by atoms with Crippen molar-refractivity contribution in [3.63, 3.8) is 0 Å². The highest BCUT2D eigenvalue weighted by Gasteiger charge is 2.41.